The van der Waals surface area contributed by atoms with Crippen LogP contribution in [-0.2, 0) is 6.54 Å². The van der Waals surface area contributed by atoms with Gasteiger partial charge in [0.2, 0.25) is 0 Å². The van der Waals surface area contributed by atoms with Crippen LogP contribution in [-0.4, -0.2) is 34.7 Å². The molecule has 1 unspecified atom stereocenters. The zero-order chi connectivity index (χ0) is 19.2. The fraction of sp³-hybridized carbons (Fsp3) is 0.240. The van der Waals surface area contributed by atoms with Crippen LogP contribution in [0.1, 0.15) is 29.0 Å². The molecule has 3 aromatic rings. The zero-order valence-corrected chi connectivity index (χ0v) is 15.9. The summed E-state index contributed by atoms with van der Waals surface area (Å²) in [6.45, 7) is 3.04. The summed E-state index contributed by atoms with van der Waals surface area (Å²) in [5, 5.41) is 8.79. The molecule has 28 heavy (non-hydrogen) atoms. The minimum absolute atomic E-state index is 0.0993. The van der Waals surface area contributed by atoms with Gasteiger partial charge in [-0.05, 0) is 54.3 Å². The van der Waals surface area contributed by atoms with Crippen LogP contribution >= 0.6 is 0 Å². The van der Waals surface area contributed by atoms with E-state index in [0.29, 0.717) is 5.92 Å². The summed E-state index contributed by atoms with van der Waals surface area (Å²) < 4.78 is 0. The van der Waals surface area contributed by atoms with E-state index in [0.717, 1.165) is 30.9 Å². The maximum absolute atomic E-state index is 8.79. The second-order valence-electron chi connectivity index (χ2n) is 7.22. The van der Waals surface area contributed by atoms with Gasteiger partial charge in [0.25, 0.3) is 0 Å². The first-order valence-electron chi connectivity index (χ1n) is 9.74. The molecule has 3 heteroatoms. The Morgan fingerprint density at radius 2 is 1.86 bits per heavy atom. The van der Waals surface area contributed by atoms with Gasteiger partial charge >= 0.3 is 0 Å². The molecule has 4 rings (SSSR count). The molecule has 0 saturated carbocycles. The summed E-state index contributed by atoms with van der Waals surface area (Å²) in [4.78, 5) is 7.07. The Morgan fingerprint density at radius 3 is 2.64 bits per heavy atom. The average Bonchev–Trinajstić information content (AvgIpc) is 3.22. The van der Waals surface area contributed by atoms with Crippen molar-refractivity contribution in [1.82, 2.24) is 9.88 Å². The molecule has 0 spiro atoms. The van der Waals surface area contributed by atoms with Gasteiger partial charge in [-0.1, -0.05) is 54.3 Å². The highest BCUT2D eigenvalue weighted by Crippen LogP contribution is 2.30. The Morgan fingerprint density at radius 1 is 1.04 bits per heavy atom. The molecule has 1 aliphatic rings. The van der Waals surface area contributed by atoms with E-state index in [1.54, 1.807) is 0 Å². The Kier molecular flexibility index (Phi) is 5.82. The van der Waals surface area contributed by atoms with Crippen LogP contribution in [0.4, 0.5) is 0 Å². The average molecular weight is 368 g/mol. The van der Waals surface area contributed by atoms with Gasteiger partial charge in [0.05, 0.1) is 5.69 Å². The number of rotatable bonds is 4. The Balaban J connectivity index is 1.40. The van der Waals surface area contributed by atoms with E-state index in [-0.39, 0.29) is 6.61 Å². The van der Waals surface area contributed by atoms with Gasteiger partial charge in [0.15, 0.2) is 0 Å². The monoisotopic (exact) mass is 368 g/mol. The minimum Gasteiger partial charge on any atom is -0.384 e. The topological polar surface area (TPSA) is 36.4 Å². The number of hydrogen-bond donors (Lipinski definition) is 1. The van der Waals surface area contributed by atoms with Gasteiger partial charge in [-0.25, -0.2) is 0 Å². The van der Waals surface area contributed by atoms with Crippen LogP contribution in [0.2, 0.25) is 0 Å². The Hall–Kier alpha value is -2.93. The van der Waals surface area contributed by atoms with Crippen molar-refractivity contribution in [2.75, 3.05) is 19.7 Å². The van der Waals surface area contributed by atoms with Crippen molar-refractivity contribution >= 4 is 0 Å². The SMILES string of the molecule is OCC#Cc1ccc(CN2CCC(c3ccnc(-c4ccccc4)c3)C2)cc1. The van der Waals surface area contributed by atoms with E-state index < -0.39 is 0 Å². The van der Waals surface area contributed by atoms with Crippen LogP contribution in [0.15, 0.2) is 72.9 Å². The summed E-state index contributed by atoms with van der Waals surface area (Å²) in [6.07, 6.45) is 3.12. The molecular formula is C25H24N2O. The fourth-order valence-corrected chi connectivity index (χ4v) is 3.81. The summed E-state index contributed by atoms with van der Waals surface area (Å²) in [5.74, 6) is 6.19. The zero-order valence-electron chi connectivity index (χ0n) is 15.9. The second-order valence-corrected chi connectivity index (χ2v) is 7.22. The maximum atomic E-state index is 8.79. The number of benzene rings is 2. The van der Waals surface area contributed by atoms with E-state index in [9.17, 15) is 0 Å². The van der Waals surface area contributed by atoms with Crippen LogP contribution in [0.5, 0.6) is 0 Å². The van der Waals surface area contributed by atoms with Crippen molar-refractivity contribution in [2.24, 2.45) is 0 Å². The van der Waals surface area contributed by atoms with Crippen LogP contribution in [0.25, 0.3) is 11.3 Å². The highest BCUT2D eigenvalue weighted by molar-refractivity contribution is 5.59. The van der Waals surface area contributed by atoms with E-state index in [1.165, 1.54) is 23.1 Å². The quantitative estimate of drug-likeness (QED) is 0.705. The molecule has 2 heterocycles. The summed E-state index contributed by atoms with van der Waals surface area (Å²) in [7, 11) is 0. The number of aliphatic hydroxyl groups is 1. The lowest BCUT2D eigenvalue weighted by molar-refractivity contribution is 0.327. The van der Waals surface area contributed by atoms with Gasteiger partial charge in [-0.15, -0.1) is 0 Å². The number of nitrogens with zero attached hydrogens (tertiary/aromatic N) is 2. The molecule has 1 fully saturated rings. The van der Waals surface area contributed by atoms with Gasteiger partial charge in [-0.3, -0.25) is 9.88 Å². The van der Waals surface area contributed by atoms with E-state index >= 15 is 0 Å². The number of likely N-dealkylation sites (tertiary alicyclic amines) is 1. The lowest BCUT2D eigenvalue weighted by Gasteiger charge is -2.16. The van der Waals surface area contributed by atoms with Crippen molar-refractivity contribution in [2.45, 2.75) is 18.9 Å². The lowest BCUT2D eigenvalue weighted by Crippen LogP contribution is -2.19. The predicted octanol–water partition coefficient (Wildman–Crippen LogP) is 4.08. The predicted molar refractivity (Wildman–Crippen MR) is 113 cm³/mol. The molecule has 0 radical (unpaired) electrons. The first kappa shape index (κ1) is 18.4. The minimum atomic E-state index is -0.0993. The highest BCUT2D eigenvalue weighted by atomic mass is 16.2. The number of aromatic nitrogens is 1. The van der Waals surface area contributed by atoms with Crippen molar-refractivity contribution < 1.29 is 5.11 Å². The molecule has 1 atom stereocenters. The first-order chi connectivity index (χ1) is 13.8. The molecule has 1 N–H and O–H groups in total. The Labute approximate surface area is 166 Å². The number of pyridine rings is 1. The first-order valence-corrected chi connectivity index (χ1v) is 9.74. The normalized spacial score (nSPS) is 16.5. The number of aliphatic hydroxyl groups excluding tert-OH is 1. The van der Waals surface area contributed by atoms with Gasteiger partial charge in [0.1, 0.15) is 6.61 Å². The van der Waals surface area contributed by atoms with Crippen LogP contribution in [0, 0.1) is 11.8 Å². The smallest absolute Gasteiger partial charge is 0.104 e. The molecule has 0 aliphatic carbocycles. The summed E-state index contributed by atoms with van der Waals surface area (Å²) in [5.41, 5.74) is 5.85. The van der Waals surface area contributed by atoms with Gasteiger partial charge in [0, 0.05) is 30.4 Å². The van der Waals surface area contributed by atoms with Gasteiger partial charge in [-0.2, -0.15) is 0 Å². The fourth-order valence-electron chi connectivity index (χ4n) is 3.81. The molecule has 2 aromatic carbocycles. The summed E-state index contributed by atoms with van der Waals surface area (Å²) in [6, 6.07) is 23.1. The van der Waals surface area contributed by atoms with Crippen molar-refractivity contribution in [3.8, 4) is 23.1 Å². The van der Waals surface area contributed by atoms with Gasteiger partial charge < -0.3 is 5.11 Å². The third-order valence-electron chi connectivity index (χ3n) is 5.27. The van der Waals surface area contributed by atoms with E-state index in [4.69, 9.17) is 5.11 Å². The van der Waals surface area contributed by atoms with Crippen molar-refractivity contribution in [3.05, 3.63) is 89.6 Å². The molecule has 0 bridgehead atoms. The largest absolute Gasteiger partial charge is 0.384 e. The maximum Gasteiger partial charge on any atom is 0.104 e. The van der Waals surface area contributed by atoms with Crippen molar-refractivity contribution in [3.63, 3.8) is 0 Å². The second kappa shape index (κ2) is 8.84. The third kappa shape index (κ3) is 4.48. The van der Waals surface area contributed by atoms with Crippen molar-refractivity contribution in [1.29, 1.82) is 0 Å². The van der Waals surface area contributed by atoms with Crippen LogP contribution in [0.3, 0.4) is 0 Å². The molecule has 1 saturated heterocycles. The van der Waals surface area contributed by atoms with E-state index in [2.05, 4.69) is 70.3 Å². The molecular weight excluding hydrogens is 344 g/mol. The molecule has 1 aromatic heterocycles. The highest BCUT2D eigenvalue weighted by Gasteiger charge is 2.24. The molecule has 0 amide bonds. The molecule has 3 nitrogen and oxygen atoms in total. The molecule has 140 valence electrons. The molecule has 1 aliphatic heterocycles. The standard InChI is InChI=1S/C25H24N2O/c28-16-4-5-20-8-10-21(11-9-20)18-27-15-13-24(19-27)23-12-14-26-25(17-23)22-6-2-1-3-7-22/h1-3,6-12,14,17,24,28H,13,15-16,18-19H2. The Bertz CT molecular complexity index is 971. The van der Waals surface area contributed by atoms with Crippen LogP contribution < -0.4 is 0 Å². The third-order valence-corrected chi connectivity index (χ3v) is 5.27. The summed E-state index contributed by atoms with van der Waals surface area (Å²) >= 11 is 0. The lowest BCUT2D eigenvalue weighted by atomic mass is 9.97. The van der Waals surface area contributed by atoms with E-state index in [1.807, 2.05) is 24.4 Å². The number of hydrogen-bond acceptors (Lipinski definition) is 3.